The van der Waals surface area contributed by atoms with Crippen molar-refractivity contribution >= 4 is 22.2 Å². The summed E-state index contributed by atoms with van der Waals surface area (Å²) < 4.78 is 5.42. The van der Waals surface area contributed by atoms with E-state index in [1.165, 1.54) is 10.6 Å². The van der Waals surface area contributed by atoms with Gasteiger partial charge in [-0.15, -0.1) is 0 Å². The summed E-state index contributed by atoms with van der Waals surface area (Å²) >= 11 is 1.73. The number of thiazole rings is 1. The molecule has 0 aliphatic carbocycles. The molecule has 0 aliphatic heterocycles. The number of benzene rings is 1. The maximum Gasteiger partial charge on any atom is 0.190 e. The van der Waals surface area contributed by atoms with Crippen LogP contribution in [-0.4, -0.2) is 26.2 Å². The van der Waals surface area contributed by atoms with E-state index in [1.807, 2.05) is 38.4 Å². The van der Waals surface area contributed by atoms with Crippen LogP contribution >= 0.6 is 11.3 Å². The van der Waals surface area contributed by atoms with Crippen LogP contribution in [0.4, 0.5) is 10.8 Å². The molecule has 2 aromatic rings. The highest BCUT2D eigenvalue weighted by Crippen LogP contribution is 2.35. The SMILES string of the molecule is CCc1nc(N(C)c2ccccc2OC)sc1CNC. The Morgan fingerprint density at radius 3 is 2.75 bits per heavy atom. The average molecular weight is 291 g/mol. The Balaban J connectivity index is 2.35. The molecule has 4 nitrogen and oxygen atoms in total. The molecule has 1 N–H and O–H groups in total. The summed E-state index contributed by atoms with van der Waals surface area (Å²) in [6.45, 7) is 3.00. The molecule has 2 rings (SSSR count). The molecule has 0 spiro atoms. The van der Waals surface area contributed by atoms with Gasteiger partial charge < -0.3 is 15.0 Å². The summed E-state index contributed by atoms with van der Waals surface area (Å²) in [6.07, 6.45) is 0.952. The fraction of sp³-hybridized carbons (Fsp3) is 0.400. The highest BCUT2D eigenvalue weighted by atomic mass is 32.1. The Bertz CT molecular complexity index is 568. The Kier molecular flexibility index (Phi) is 4.98. The molecule has 0 radical (unpaired) electrons. The lowest BCUT2D eigenvalue weighted by Crippen LogP contribution is -2.10. The first-order valence-electron chi connectivity index (χ1n) is 6.71. The smallest absolute Gasteiger partial charge is 0.190 e. The number of anilines is 2. The van der Waals surface area contributed by atoms with E-state index in [4.69, 9.17) is 9.72 Å². The average Bonchev–Trinajstić information content (AvgIpc) is 2.90. The van der Waals surface area contributed by atoms with Gasteiger partial charge in [0, 0.05) is 18.5 Å². The zero-order chi connectivity index (χ0) is 14.5. The zero-order valence-electron chi connectivity index (χ0n) is 12.4. The monoisotopic (exact) mass is 291 g/mol. The molecule has 0 unspecified atom stereocenters. The molecule has 108 valence electrons. The first kappa shape index (κ1) is 14.8. The van der Waals surface area contributed by atoms with Crippen molar-refractivity contribution in [2.45, 2.75) is 19.9 Å². The van der Waals surface area contributed by atoms with Crippen molar-refractivity contribution in [1.82, 2.24) is 10.3 Å². The largest absolute Gasteiger partial charge is 0.495 e. The van der Waals surface area contributed by atoms with E-state index in [9.17, 15) is 0 Å². The number of rotatable bonds is 6. The van der Waals surface area contributed by atoms with Gasteiger partial charge in [0.15, 0.2) is 5.13 Å². The highest BCUT2D eigenvalue weighted by molar-refractivity contribution is 7.15. The van der Waals surface area contributed by atoms with Crippen molar-refractivity contribution < 1.29 is 4.74 Å². The second-order valence-electron chi connectivity index (χ2n) is 4.48. The number of hydrogen-bond donors (Lipinski definition) is 1. The summed E-state index contributed by atoms with van der Waals surface area (Å²) in [5, 5.41) is 4.20. The maximum atomic E-state index is 5.42. The Hall–Kier alpha value is -1.59. The number of nitrogens with zero attached hydrogens (tertiary/aromatic N) is 2. The molecule has 1 aromatic heterocycles. The minimum absolute atomic E-state index is 0.860. The second-order valence-corrected chi connectivity index (χ2v) is 5.54. The minimum atomic E-state index is 0.860. The van der Waals surface area contributed by atoms with Crippen LogP contribution in [0, 0.1) is 0 Å². The molecule has 0 saturated heterocycles. The van der Waals surface area contributed by atoms with E-state index in [0.717, 1.165) is 29.5 Å². The third-order valence-corrected chi connectivity index (χ3v) is 4.35. The van der Waals surface area contributed by atoms with Crippen molar-refractivity contribution in [1.29, 1.82) is 0 Å². The van der Waals surface area contributed by atoms with Gasteiger partial charge in [-0.25, -0.2) is 4.98 Å². The molecule has 0 bridgehead atoms. The summed E-state index contributed by atoms with van der Waals surface area (Å²) in [5.41, 5.74) is 2.20. The lowest BCUT2D eigenvalue weighted by molar-refractivity contribution is 0.415. The predicted molar refractivity (Wildman–Crippen MR) is 85.3 cm³/mol. The van der Waals surface area contributed by atoms with Crippen molar-refractivity contribution in [2.75, 3.05) is 26.1 Å². The first-order chi connectivity index (χ1) is 9.71. The van der Waals surface area contributed by atoms with Crippen LogP contribution in [0.1, 0.15) is 17.5 Å². The van der Waals surface area contributed by atoms with Crippen molar-refractivity contribution in [3.63, 3.8) is 0 Å². The van der Waals surface area contributed by atoms with Gasteiger partial charge in [-0.05, 0) is 25.6 Å². The quantitative estimate of drug-likeness (QED) is 0.887. The third kappa shape index (κ3) is 2.94. The van der Waals surface area contributed by atoms with E-state index in [-0.39, 0.29) is 0 Å². The van der Waals surface area contributed by atoms with Gasteiger partial charge in [0.05, 0.1) is 18.5 Å². The van der Waals surface area contributed by atoms with E-state index < -0.39 is 0 Å². The van der Waals surface area contributed by atoms with E-state index >= 15 is 0 Å². The van der Waals surface area contributed by atoms with Gasteiger partial charge in [0.2, 0.25) is 0 Å². The van der Waals surface area contributed by atoms with Crippen molar-refractivity contribution in [2.24, 2.45) is 0 Å². The van der Waals surface area contributed by atoms with Crippen molar-refractivity contribution in [3.8, 4) is 5.75 Å². The van der Waals surface area contributed by atoms with Gasteiger partial charge in [0.1, 0.15) is 5.75 Å². The molecule has 0 amide bonds. The number of methoxy groups -OCH3 is 1. The molecule has 20 heavy (non-hydrogen) atoms. The van der Waals surface area contributed by atoms with E-state index in [0.29, 0.717) is 0 Å². The molecular weight excluding hydrogens is 270 g/mol. The normalized spacial score (nSPS) is 10.6. The fourth-order valence-electron chi connectivity index (χ4n) is 2.10. The van der Waals surface area contributed by atoms with Crippen LogP contribution < -0.4 is 15.0 Å². The second kappa shape index (κ2) is 6.72. The Morgan fingerprint density at radius 2 is 2.10 bits per heavy atom. The van der Waals surface area contributed by atoms with Gasteiger partial charge in [-0.1, -0.05) is 30.4 Å². The van der Waals surface area contributed by atoms with E-state index in [1.54, 1.807) is 18.4 Å². The molecule has 0 fully saturated rings. The minimum Gasteiger partial charge on any atom is -0.495 e. The molecule has 5 heteroatoms. The molecule has 0 atom stereocenters. The number of aromatic nitrogens is 1. The predicted octanol–water partition coefficient (Wildman–Crippen LogP) is 3.20. The summed E-state index contributed by atoms with van der Waals surface area (Å²) in [4.78, 5) is 8.13. The Morgan fingerprint density at radius 1 is 1.35 bits per heavy atom. The topological polar surface area (TPSA) is 37.4 Å². The van der Waals surface area contributed by atoms with Crippen LogP contribution in [0.15, 0.2) is 24.3 Å². The van der Waals surface area contributed by atoms with Crippen LogP contribution in [0.5, 0.6) is 5.75 Å². The number of ether oxygens (including phenoxy) is 1. The van der Waals surface area contributed by atoms with Crippen LogP contribution in [0.3, 0.4) is 0 Å². The number of nitrogens with one attached hydrogen (secondary N) is 1. The van der Waals surface area contributed by atoms with Crippen molar-refractivity contribution in [3.05, 3.63) is 34.8 Å². The standard InChI is InChI=1S/C15H21N3OS/c1-5-11-14(10-16-2)20-15(17-11)18(3)12-8-6-7-9-13(12)19-4/h6-9,16H,5,10H2,1-4H3. The van der Waals surface area contributed by atoms with E-state index in [2.05, 4.69) is 17.1 Å². The maximum absolute atomic E-state index is 5.42. The zero-order valence-corrected chi connectivity index (χ0v) is 13.3. The van der Waals surface area contributed by atoms with Crippen LogP contribution in [0.2, 0.25) is 0 Å². The highest BCUT2D eigenvalue weighted by Gasteiger charge is 2.16. The number of para-hydroxylation sites is 2. The van der Waals surface area contributed by atoms with Gasteiger partial charge in [-0.3, -0.25) is 0 Å². The number of hydrogen-bond acceptors (Lipinski definition) is 5. The lowest BCUT2D eigenvalue weighted by atomic mass is 10.3. The lowest BCUT2D eigenvalue weighted by Gasteiger charge is -2.18. The molecule has 0 saturated carbocycles. The molecule has 0 aliphatic rings. The fourth-order valence-corrected chi connectivity index (χ4v) is 3.23. The van der Waals surface area contributed by atoms with Gasteiger partial charge in [-0.2, -0.15) is 0 Å². The molecule has 1 heterocycles. The van der Waals surface area contributed by atoms with Gasteiger partial charge in [0.25, 0.3) is 0 Å². The van der Waals surface area contributed by atoms with Crippen LogP contribution in [0.25, 0.3) is 0 Å². The Labute approximate surface area is 124 Å². The number of aryl methyl sites for hydroxylation is 1. The summed E-state index contributed by atoms with van der Waals surface area (Å²) in [7, 11) is 5.68. The summed E-state index contributed by atoms with van der Waals surface area (Å²) in [6, 6.07) is 8.00. The van der Waals surface area contributed by atoms with Gasteiger partial charge >= 0.3 is 0 Å². The third-order valence-electron chi connectivity index (χ3n) is 3.17. The summed E-state index contributed by atoms with van der Waals surface area (Å²) in [5.74, 6) is 0.860. The molecular formula is C15H21N3OS. The first-order valence-corrected chi connectivity index (χ1v) is 7.52. The molecule has 1 aromatic carbocycles. The van der Waals surface area contributed by atoms with Crippen LogP contribution in [-0.2, 0) is 13.0 Å².